The first-order chi connectivity index (χ1) is 24.5. The number of hydrogen-bond donors (Lipinski definition) is 3. The van der Waals surface area contributed by atoms with Gasteiger partial charge in [-0.25, -0.2) is 4.57 Å². The first-order valence-corrected chi connectivity index (χ1v) is 22.4. The van der Waals surface area contributed by atoms with E-state index in [4.69, 9.17) is 9.05 Å². The second kappa shape index (κ2) is 34.5. The Morgan fingerprint density at radius 1 is 0.647 bits per heavy atom. The van der Waals surface area contributed by atoms with Crippen LogP contribution in [0.4, 0.5) is 0 Å². The average Bonchev–Trinajstić information content (AvgIpc) is 3.07. The molecule has 0 aliphatic heterocycles. The third-order valence-electron chi connectivity index (χ3n) is 9.08. The molecule has 0 aromatic carbocycles. The van der Waals surface area contributed by atoms with Gasteiger partial charge in [0, 0.05) is 6.42 Å². The largest absolute Gasteiger partial charge is 0.472 e. The maximum absolute atomic E-state index is 12.8. The Bertz CT molecular complexity index is 933. The van der Waals surface area contributed by atoms with Gasteiger partial charge >= 0.3 is 7.82 Å². The molecule has 0 rings (SSSR count). The summed E-state index contributed by atoms with van der Waals surface area (Å²) in [5, 5.41) is 13.8. The Labute approximate surface area is 315 Å². The van der Waals surface area contributed by atoms with E-state index in [0.717, 1.165) is 38.5 Å². The van der Waals surface area contributed by atoms with Crippen LogP contribution >= 0.6 is 7.82 Å². The molecule has 3 unspecified atom stereocenters. The predicted molar refractivity (Wildman–Crippen MR) is 217 cm³/mol. The lowest BCUT2D eigenvalue weighted by Crippen LogP contribution is -2.45. The molecule has 1 amide bonds. The smallest absolute Gasteiger partial charge is 0.387 e. The summed E-state index contributed by atoms with van der Waals surface area (Å²) in [6.45, 7) is 4.75. The van der Waals surface area contributed by atoms with Gasteiger partial charge in [-0.3, -0.25) is 13.8 Å². The lowest BCUT2D eigenvalue weighted by Gasteiger charge is -2.25. The molecule has 0 radical (unpaired) electrons. The fourth-order valence-electron chi connectivity index (χ4n) is 5.70. The number of nitrogens with one attached hydrogen (secondary N) is 1. The fourth-order valence-corrected chi connectivity index (χ4v) is 6.43. The zero-order valence-corrected chi connectivity index (χ0v) is 34.7. The topological polar surface area (TPSA) is 105 Å². The van der Waals surface area contributed by atoms with Gasteiger partial charge in [-0.15, -0.1) is 0 Å². The normalized spacial score (nSPS) is 14.9. The van der Waals surface area contributed by atoms with Crippen molar-refractivity contribution >= 4 is 13.7 Å². The number of unbranched alkanes of at least 4 members (excludes halogenated alkanes) is 20. The Morgan fingerprint density at radius 3 is 1.59 bits per heavy atom. The molecule has 0 aliphatic carbocycles. The van der Waals surface area contributed by atoms with Gasteiger partial charge < -0.3 is 19.8 Å². The highest BCUT2D eigenvalue weighted by Gasteiger charge is 2.27. The van der Waals surface area contributed by atoms with Crippen LogP contribution in [0.2, 0.25) is 0 Å². The Kier molecular flexibility index (Phi) is 33.6. The number of amides is 1. The summed E-state index contributed by atoms with van der Waals surface area (Å²) in [6, 6.07) is -0.862. The van der Waals surface area contributed by atoms with Crippen molar-refractivity contribution < 1.29 is 32.9 Å². The molecule has 3 atom stereocenters. The Hall–Kier alpha value is -1.28. The number of nitrogens with zero attached hydrogens (tertiary/aromatic N) is 1. The van der Waals surface area contributed by atoms with Crippen LogP contribution in [0.1, 0.15) is 174 Å². The van der Waals surface area contributed by atoms with E-state index in [9.17, 15) is 19.4 Å². The first-order valence-electron chi connectivity index (χ1n) is 20.9. The van der Waals surface area contributed by atoms with Gasteiger partial charge in [-0.1, -0.05) is 147 Å². The Balaban J connectivity index is 4.53. The predicted octanol–water partition coefficient (Wildman–Crippen LogP) is 11.1. The van der Waals surface area contributed by atoms with E-state index in [2.05, 4.69) is 43.5 Å². The van der Waals surface area contributed by atoms with Crippen LogP contribution in [0.25, 0.3) is 0 Å². The quantitative estimate of drug-likeness (QED) is 0.0253. The summed E-state index contributed by atoms with van der Waals surface area (Å²) >= 11 is 0. The molecule has 0 aliphatic rings. The number of likely N-dealkylation sites (N-methyl/N-ethyl adjacent to an activating group) is 1. The molecule has 0 heterocycles. The Morgan fingerprint density at radius 2 is 1.08 bits per heavy atom. The van der Waals surface area contributed by atoms with Gasteiger partial charge in [0.05, 0.1) is 39.9 Å². The minimum absolute atomic E-state index is 0.0551. The SMILES string of the molecule is CCCCCC/C=C\CCCCCCCCCC(=O)NC(COP(=O)(O)OCC[N+](C)(C)C)C(O)/C=C/CC/C=C/CCCCCCCCCC. The second-order valence-corrected chi connectivity index (χ2v) is 16.8. The third kappa shape index (κ3) is 36.9. The summed E-state index contributed by atoms with van der Waals surface area (Å²) in [5.41, 5.74) is 0. The fraction of sp³-hybridized carbons (Fsp3) is 0.833. The average molecular weight is 742 g/mol. The van der Waals surface area contributed by atoms with E-state index in [1.165, 1.54) is 116 Å². The molecule has 300 valence electrons. The molecule has 51 heavy (non-hydrogen) atoms. The highest BCUT2D eigenvalue weighted by Crippen LogP contribution is 2.43. The summed E-state index contributed by atoms with van der Waals surface area (Å²) in [7, 11) is 1.55. The highest BCUT2D eigenvalue weighted by atomic mass is 31.2. The van der Waals surface area contributed by atoms with Crippen LogP contribution in [0.15, 0.2) is 36.5 Å². The summed E-state index contributed by atoms with van der Waals surface area (Å²) in [5.74, 6) is -0.194. The van der Waals surface area contributed by atoms with Crippen LogP contribution in [0.5, 0.6) is 0 Å². The van der Waals surface area contributed by atoms with E-state index in [1.54, 1.807) is 6.08 Å². The van der Waals surface area contributed by atoms with Crippen LogP contribution in [-0.4, -0.2) is 73.4 Å². The van der Waals surface area contributed by atoms with E-state index >= 15 is 0 Å². The number of rotatable bonds is 37. The lowest BCUT2D eigenvalue weighted by atomic mass is 10.1. The van der Waals surface area contributed by atoms with Crippen LogP contribution in [0.3, 0.4) is 0 Å². The van der Waals surface area contributed by atoms with E-state index in [0.29, 0.717) is 17.4 Å². The number of quaternary nitrogens is 1. The third-order valence-corrected chi connectivity index (χ3v) is 10.1. The van der Waals surface area contributed by atoms with Crippen LogP contribution in [-0.2, 0) is 18.4 Å². The number of phosphoric ester groups is 1. The number of phosphoric acid groups is 1. The highest BCUT2D eigenvalue weighted by molar-refractivity contribution is 7.47. The van der Waals surface area contributed by atoms with Gasteiger partial charge in [-0.2, -0.15) is 0 Å². The number of carbonyl (C=O) groups is 1. The first kappa shape index (κ1) is 49.7. The molecule has 0 aromatic heterocycles. The van der Waals surface area contributed by atoms with Crippen molar-refractivity contribution in [3.63, 3.8) is 0 Å². The second-order valence-electron chi connectivity index (χ2n) is 15.4. The van der Waals surface area contributed by atoms with Crippen molar-refractivity contribution in [1.29, 1.82) is 0 Å². The van der Waals surface area contributed by atoms with Gasteiger partial charge in [-0.05, 0) is 57.8 Å². The molecule has 0 saturated heterocycles. The van der Waals surface area contributed by atoms with Crippen LogP contribution < -0.4 is 5.32 Å². The van der Waals surface area contributed by atoms with Crippen molar-refractivity contribution in [3.8, 4) is 0 Å². The van der Waals surface area contributed by atoms with Crippen molar-refractivity contribution in [2.75, 3.05) is 40.9 Å². The standard InChI is InChI=1S/C42H81N2O6P/c1-6-8-10-12-14-16-18-20-22-24-26-28-30-32-34-36-42(46)43-40(39-50-51(47,48)49-38-37-44(3,4)5)41(45)35-33-31-29-27-25-23-21-19-17-15-13-11-9-7-2/h16,18,25,27,33,35,40-41,45H,6-15,17,19-24,26,28-32,34,36-39H2,1-5H3,(H-,43,46,47,48)/p+1/b18-16-,27-25+,35-33+. The monoisotopic (exact) mass is 742 g/mol. The minimum Gasteiger partial charge on any atom is -0.387 e. The number of aliphatic hydroxyl groups excluding tert-OH is 1. The molecule has 9 heteroatoms. The summed E-state index contributed by atoms with van der Waals surface area (Å²) in [6.07, 6.45) is 40.6. The van der Waals surface area contributed by atoms with Gasteiger partial charge in [0.1, 0.15) is 13.2 Å². The van der Waals surface area contributed by atoms with E-state index in [-0.39, 0.29) is 19.1 Å². The molecular formula is C42H82N2O6P+. The van der Waals surface area contributed by atoms with Crippen molar-refractivity contribution in [1.82, 2.24) is 5.32 Å². The maximum Gasteiger partial charge on any atom is 0.472 e. The molecule has 0 bridgehead atoms. The summed E-state index contributed by atoms with van der Waals surface area (Å²) < 4.78 is 23.5. The lowest BCUT2D eigenvalue weighted by molar-refractivity contribution is -0.870. The minimum atomic E-state index is -4.34. The van der Waals surface area contributed by atoms with Gasteiger partial charge in [0.15, 0.2) is 0 Å². The molecule has 0 aromatic rings. The molecule has 0 saturated carbocycles. The maximum atomic E-state index is 12.8. The van der Waals surface area contributed by atoms with Crippen molar-refractivity contribution in [2.24, 2.45) is 0 Å². The van der Waals surface area contributed by atoms with Gasteiger partial charge in [0.25, 0.3) is 0 Å². The number of hydrogen-bond acceptors (Lipinski definition) is 5. The van der Waals surface area contributed by atoms with E-state index < -0.39 is 20.0 Å². The molecule has 3 N–H and O–H groups in total. The molecule has 0 fully saturated rings. The summed E-state index contributed by atoms with van der Waals surface area (Å²) in [4.78, 5) is 23.0. The zero-order valence-electron chi connectivity index (χ0n) is 33.8. The van der Waals surface area contributed by atoms with E-state index in [1.807, 2.05) is 27.2 Å². The molecule has 0 spiro atoms. The zero-order chi connectivity index (χ0) is 37.9. The number of carbonyl (C=O) groups excluding carboxylic acids is 1. The number of aliphatic hydroxyl groups is 1. The van der Waals surface area contributed by atoms with Gasteiger partial charge in [0.2, 0.25) is 5.91 Å². The van der Waals surface area contributed by atoms with Crippen molar-refractivity contribution in [3.05, 3.63) is 36.5 Å². The molecular weight excluding hydrogens is 659 g/mol. The van der Waals surface area contributed by atoms with Crippen LogP contribution in [0, 0.1) is 0 Å². The number of allylic oxidation sites excluding steroid dienone is 5. The van der Waals surface area contributed by atoms with Crippen molar-refractivity contribution in [2.45, 2.75) is 187 Å². The molecule has 8 nitrogen and oxygen atoms in total.